The molecule has 2 aliphatic rings. The van der Waals surface area contributed by atoms with Gasteiger partial charge in [-0.25, -0.2) is 0 Å². The first-order chi connectivity index (χ1) is 17.6. The van der Waals surface area contributed by atoms with Crippen LogP contribution < -0.4 is 14.4 Å². The van der Waals surface area contributed by atoms with E-state index in [1.807, 2.05) is 29.2 Å². The van der Waals surface area contributed by atoms with Crippen LogP contribution in [0.25, 0.3) is 11.4 Å². The van der Waals surface area contributed by atoms with E-state index in [0.717, 1.165) is 51.1 Å². The topological polar surface area (TPSA) is 84.2 Å². The monoisotopic (exact) mass is 491 g/mol. The summed E-state index contributed by atoms with van der Waals surface area (Å²) in [6.07, 6.45) is 1.91. The predicted octanol–water partition coefficient (Wildman–Crippen LogP) is 3.31. The Morgan fingerprint density at radius 2 is 1.78 bits per heavy atom. The van der Waals surface area contributed by atoms with Crippen LogP contribution in [0.4, 0.5) is 5.69 Å². The fourth-order valence-corrected chi connectivity index (χ4v) is 5.09. The second kappa shape index (κ2) is 11.0. The van der Waals surface area contributed by atoms with Gasteiger partial charge in [0.1, 0.15) is 0 Å². The normalized spacial score (nSPS) is 18.8. The number of ether oxygens (including phenoxy) is 2. The van der Waals surface area contributed by atoms with Gasteiger partial charge < -0.3 is 23.8 Å². The summed E-state index contributed by atoms with van der Waals surface area (Å²) < 4.78 is 16.2. The third-order valence-electron chi connectivity index (χ3n) is 7.04. The molecule has 2 aromatic carbocycles. The minimum atomic E-state index is 0.00951. The number of nitrogens with zero attached hydrogens (tertiary/aromatic N) is 5. The maximum Gasteiger partial charge on any atom is 0.241 e. The molecule has 1 amide bonds. The van der Waals surface area contributed by atoms with Crippen LogP contribution in [0.1, 0.15) is 18.7 Å². The van der Waals surface area contributed by atoms with Crippen molar-refractivity contribution in [1.29, 1.82) is 0 Å². The highest BCUT2D eigenvalue weighted by Gasteiger charge is 2.31. The number of benzene rings is 2. The lowest BCUT2D eigenvalue weighted by Crippen LogP contribution is -2.52. The van der Waals surface area contributed by atoms with E-state index < -0.39 is 0 Å². The van der Waals surface area contributed by atoms with Gasteiger partial charge in [-0.15, -0.1) is 0 Å². The largest absolute Gasteiger partial charge is 0.493 e. The fraction of sp³-hybridized carbons (Fsp3) is 0.444. The van der Waals surface area contributed by atoms with Crippen molar-refractivity contribution >= 4 is 11.6 Å². The summed E-state index contributed by atoms with van der Waals surface area (Å²) in [4.78, 5) is 24.5. The molecule has 3 aromatic rings. The highest BCUT2D eigenvalue weighted by molar-refractivity contribution is 5.79. The van der Waals surface area contributed by atoms with Crippen molar-refractivity contribution < 1.29 is 18.8 Å². The Balaban J connectivity index is 1.16. The van der Waals surface area contributed by atoms with Crippen molar-refractivity contribution in [2.24, 2.45) is 5.92 Å². The average Bonchev–Trinajstić information content (AvgIpc) is 3.41. The molecule has 2 fully saturated rings. The highest BCUT2D eigenvalue weighted by Crippen LogP contribution is 2.31. The maximum atomic E-state index is 13.3. The Kier molecular flexibility index (Phi) is 7.36. The number of hydrogen-bond acceptors (Lipinski definition) is 8. The lowest BCUT2D eigenvalue weighted by molar-refractivity contribution is -0.137. The quantitative estimate of drug-likeness (QED) is 0.498. The third-order valence-corrected chi connectivity index (χ3v) is 7.04. The Bertz CT molecular complexity index is 1160. The van der Waals surface area contributed by atoms with Crippen LogP contribution in [-0.2, 0) is 11.3 Å². The standard InChI is InChI=1S/C27H33N5O4/c1-34-23-11-10-20(17-24(23)35-2)26-28-25(36-29-26)19-30-12-6-7-21(18-30)27(33)32-15-13-31(14-16-32)22-8-4-3-5-9-22/h3-5,8-11,17,21H,6-7,12-16,18-19H2,1-2H3/t21-/m1/s1. The number of carbonyl (C=O) groups excluding carboxylic acids is 1. The van der Waals surface area contributed by atoms with Gasteiger partial charge in [-0.2, -0.15) is 4.98 Å². The van der Waals surface area contributed by atoms with E-state index in [1.54, 1.807) is 14.2 Å². The van der Waals surface area contributed by atoms with Gasteiger partial charge in [0.15, 0.2) is 11.5 Å². The van der Waals surface area contributed by atoms with Crippen LogP contribution in [0.3, 0.4) is 0 Å². The summed E-state index contributed by atoms with van der Waals surface area (Å²) in [7, 11) is 3.20. The number of methoxy groups -OCH3 is 2. The van der Waals surface area contributed by atoms with E-state index in [9.17, 15) is 4.79 Å². The van der Waals surface area contributed by atoms with Crippen LogP contribution in [0.15, 0.2) is 53.1 Å². The minimum Gasteiger partial charge on any atom is -0.493 e. The molecule has 190 valence electrons. The molecular weight excluding hydrogens is 458 g/mol. The molecule has 0 spiro atoms. The first kappa shape index (κ1) is 24.1. The van der Waals surface area contributed by atoms with E-state index in [-0.39, 0.29) is 11.8 Å². The van der Waals surface area contributed by atoms with Gasteiger partial charge in [0.05, 0.1) is 26.7 Å². The van der Waals surface area contributed by atoms with Gasteiger partial charge in [-0.05, 0) is 49.7 Å². The average molecular weight is 492 g/mol. The number of piperazine rings is 1. The molecule has 2 saturated heterocycles. The van der Waals surface area contributed by atoms with Crippen molar-refractivity contribution in [1.82, 2.24) is 19.9 Å². The van der Waals surface area contributed by atoms with Crippen LogP contribution in [0.5, 0.6) is 11.5 Å². The van der Waals surface area contributed by atoms with Crippen molar-refractivity contribution in [3.63, 3.8) is 0 Å². The first-order valence-corrected chi connectivity index (χ1v) is 12.5. The molecule has 5 rings (SSSR count). The molecule has 1 aromatic heterocycles. The molecule has 0 radical (unpaired) electrons. The number of para-hydroxylation sites is 1. The molecule has 0 aliphatic carbocycles. The summed E-state index contributed by atoms with van der Waals surface area (Å²) in [6.45, 7) is 5.43. The summed E-state index contributed by atoms with van der Waals surface area (Å²) in [6, 6.07) is 15.9. The van der Waals surface area contributed by atoms with Crippen LogP contribution in [0, 0.1) is 5.92 Å². The van der Waals surface area contributed by atoms with Crippen molar-refractivity contribution in [3.8, 4) is 22.9 Å². The third kappa shape index (κ3) is 5.31. The Labute approximate surface area is 211 Å². The number of hydrogen-bond donors (Lipinski definition) is 0. The Hall–Kier alpha value is -3.59. The van der Waals surface area contributed by atoms with Crippen molar-refractivity contribution in [2.75, 3.05) is 58.4 Å². The van der Waals surface area contributed by atoms with Gasteiger partial charge in [-0.1, -0.05) is 23.4 Å². The SMILES string of the molecule is COc1ccc(-c2noc(CN3CCC[C@@H](C(=O)N4CCN(c5ccccc5)CC4)C3)n2)cc1OC. The van der Waals surface area contributed by atoms with Crippen molar-refractivity contribution in [3.05, 3.63) is 54.4 Å². The highest BCUT2D eigenvalue weighted by atomic mass is 16.5. The molecule has 3 heterocycles. The van der Waals surface area contributed by atoms with E-state index in [1.165, 1.54) is 5.69 Å². The summed E-state index contributed by atoms with van der Waals surface area (Å²) in [5.41, 5.74) is 2.02. The van der Waals surface area contributed by atoms with Crippen LogP contribution >= 0.6 is 0 Å². The van der Waals surface area contributed by atoms with E-state index in [0.29, 0.717) is 36.3 Å². The Morgan fingerprint density at radius 1 is 1.00 bits per heavy atom. The molecule has 0 saturated carbocycles. The second-order valence-electron chi connectivity index (χ2n) is 9.30. The molecule has 2 aliphatic heterocycles. The Morgan fingerprint density at radius 3 is 2.53 bits per heavy atom. The van der Waals surface area contributed by atoms with Crippen molar-refractivity contribution in [2.45, 2.75) is 19.4 Å². The molecule has 9 nitrogen and oxygen atoms in total. The number of rotatable bonds is 7. The van der Waals surface area contributed by atoms with Gasteiger partial charge >= 0.3 is 0 Å². The van der Waals surface area contributed by atoms with Gasteiger partial charge in [0.2, 0.25) is 17.6 Å². The first-order valence-electron chi connectivity index (χ1n) is 12.5. The van der Waals surface area contributed by atoms with Gasteiger partial charge in [0, 0.05) is 44.0 Å². The number of carbonyl (C=O) groups is 1. The fourth-order valence-electron chi connectivity index (χ4n) is 5.09. The lowest BCUT2D eigenvalue weighted by Gasteiger charge is -2.39. The summed E-state index contributed by atoms with van der Waals surface area (Å²) >= 11 is 0. The zero-order valence-corrected chi connectivity index (χ0v) is 20.9. The molecule has 0 N–H and O–H groups in total. The van der Waals surface area contributed by atoms with Crippen LogP contribution in [-0.4, -0.2) is 79.3 Å². The van der Waals surface area contributed by atoms with Crippen LogP contribution in [0.2, 0.25) is 0 Å². The zero-order valence-electron chi connectivity index (χ0n) is 20.9. The number of aromatic nitrogens is 2. The molecule has 9 heteroatoms. The molecule has 36 heavy (non-hydrogen) atoms. The number of piperidine rings is 1. The number of likely N-dealkylation sites (tertiary alicyclic amines) is 1. The summed E-state index contributed by atoms with van der Waals surface area (Å²) in [5, 5.41) is 4.15. The minimum absolute atomic E-state index is 0.00951. The molecule has 0 bridgehead atoms. The van der Waals surface area contributed by atoms with Gasteiger partial charge in [0.25, 0.3) is 0 Å². The predicted molar refractivity (Wildman–Crippen MR) is 136 cm³/mol. The smallest absolute Gasteiger partial charge is 0.241 e. The number of amides is 1. The lowest BCUT2D eigenvalue weighted by atomic mass is 9.96. The second-order valence-corrected chi connectivity index (χ2v) is 9.30. The number of anilines is 1. The molecule has 1 atom stereocenters. The van der Waals surface area contributed by atoms with Gasteiger partial charge in [-0.3, -0.25) is 9.69 Å². The van der Waals surface area contributed by atoms with E-state index in [2.05, 4.69) is 44.2 Å². The zero-order chi connectivity index (χ0) is 24.9. The maximum absolute atomic E-state index is 13.3. The molecule has 0 unspecified atom stereocenters. The van der Waals surface area contributed by atoms with E-state index in [4.69, 9.17) is 14.0 Å². The van der Waals surface area contributed by atoms with E-state index >= 15 is 0 Å². The molecular formula is C27H33N5O4. The summed E-state index contributed by atoms with van der Waals surface area (Å²) in [5.74, 6) is 2.59.